The Kier molecular flexibility index (Phi) is 3.69. The van der Waals surface area contributed by atoms with E-state index in [0.29, 0.717) is 5.56 Å². The number of hydrogen-bond donors (Lipinski definition) is 1. The maximum Gasteiger partial charge on any atom is 0.126 e. The van der Waals surface area contributed by atoms with Gasteiger partial charge in [-0.25, -0.2) is 4.39 Å². The van der Waals surface area contributed by atoms with Crippen LogP contribution in [0.15, 0.2) is 24.8 Å². The maximum atomic E-state index is 13.1. The minimum Gasteiger partial charge on any atom is -0.385 e. The van der Waals surface area contributed by atoms with Gasteiger partial charge in [-0.05, 0) is 43.5 Å². The minimum absolute atomic E-state index is 0.142. The second-order valence-corrected chi connectivity index (χ2v) is 3.42. The quantitative estimate of drug-likeness (QED) is 0.570. The molecule has 0 fully saturated rings. The second kappa shape index (κ2) is 4.80. The lowest BCUT2D eigenvalue weighted by Gasteiger charge is -2.10. The molecule has 1 N–H and O–H groups in total. The normalized spacial score (nSPS) is 9.93. The molecule has 0 aliphatic rings. The molecule has 1 rings (SSSR count). The summed E-state index contributed by atoms with van der Waals surface area (Å²) in [5.41, 5.74) is 2.62. The van der Waals surface area contributed by atoms with Crippen LogP contribution < -0.4 is 5.32 Å². The summed E-state index contributed by atoms with van der Waals surface area (Å²) < 4.78 is 13.1. The first-order valence-electron chi connectivity index (χ1n) is 4.76. The minimum atomic E-state index is -0.142. The topological polar surface area (TPSA) is 12.0 Å². The maximum absolute atomic E-state index is 13.1. The van der Waals surface area contributed by atoms with Gasteiger partial charge in [-0.2, -0.15) is 0 Å². The Labute approximate surface area is 84.6 Å². The summed E-state index contributed by atoms with van der Waals surface area (Å²) in [4.78, 5) is 0. The highest BCUT2D eigenvalue weighted by Crippen LogP contribution is 2.19. The highest BCUT2D eigenvalue weighted by atomic mass is 19.1. The average molecular weight is 193 g/mol. The number of hydrogen-bond acceptors (Lipinski definition) is 1. The van der Waals surface area contributed by atoms with Crippen LogP contribution in [0.5, 0.6) is 0 Å². The zero-order valence-corrected chi connectivity index (χ0v) is 8.73. The van der Waals surface area contributed by atoms with Gasteiger partial charge in [0, 0.05) is 12.2 Å². The van der Waals surface area contributed by atoms with E-state index in [-0.39, 0.29) is 5.82 Å². The Hall–Kier alpha value is -1.31. The summed E-state index contributed by atoms with van der Waals surface area (Å²) in [5, 5.41) is 3.24. The van der Waals surface area contributed by atoms with Crippen LogP contribution in [0.3, 0.4) is 0 Å². The highest BCUT2D eigenvalue weighted by Gasteiger charge is 2.02. The first kappa shape index (κ1) is 10.8. The Morgan fingerprint density at radius 2 is 2.07 bits per heavy atom. The number of rotatable bonds is 4. The molecule has 0 saturated heterocycles. The molecule has 76 valence electrons. The molecule has 1 aromatic carbocycles. The third-order valence-electron chi connectivity index (χ3n) is 2.17. The van der Waals surface area contributed by atoms with Gasteiger partial charge in [0.15, 0.2) is 0 Å². The molecule has 1 nitrogen and oxygen atoms in total. The highest BCUT2D eigenvalue weighted by molar-refractivity contribution is 5.52. The first-order chi connectivity index (χ1) is 6.65. The smallest absolute Gasteiger partial charge is 0.126 e. The molecule has 0 radical (unpaired) electrons. The Bertz CT molecular complexity index is 331. The molecule has 0 bridgehead atoms. The third-order valence-corrected chi connectivity index (χ3v) is 2.17. The molecule has 0 atom stereocenters. The van der Waals surface area contributed by atoms with Crippen molar-refractivity contribution >= 4 is 5.69 Å². The molecule has 1 aromatic rings. The van der Waals surface area contributed by atoms with E-state index < -0.39 is 0 Å². The summed E-state index contributed by atoms with van der Waals surface area (Å²) in [5.74, 6) is -0.142. The summed E-state index contributed by atoms with van der Waals surface area (Å²) in [6.07, 6.45) is 2.77. The van der Waals surface area contributed by atoms with E-state index in [0.717, 1.165) is 24.2 Å². The molecule has 0 heterocycles. The predicted octanol–water partition coefficient (Wildman–Crippen LogP) is 3.43. The van der Waals surface area contributed by atoms with Crippen molar-refractivity contribution in [3.63, 3.8) is 0 Å². The summed E-state index contributed by atoms with van der Waals surface area (Å²) in [6, 6.07) is 3.40. The van der Waals surface area contributed by atoms with Gasteiger partial charge in [-0.15, -0.1) is 6.58 Å². The van der Waals surface area contributed by atoms with Crippen molar-refractivity contribution in [1.29, 1.82) is 0 Å². The van der Waals surface area contributed by atoms with Crippen molar-refractivity contribution in [2.75, 3.05) is 11.9 Å². The largest absolute Gasteiger partial charge is 0.385 e. The van der Waals surface area contributed by atoms with Gasteiger partial charge in [-0.1, -0.05) is 6.08 Å². The fourth-order valence-corrected chi connectivity index (χ4v) is 1.28. The van der Waals surface area contributed by atoms with Crippen LogP contribution in [0.4, 0.5) is 10.1 Å². The summed E-state index contributed by atoms with van der Waals surface area (Å²) in [6.45, 7) is 8.16. The van der Waals surface area contributed by atoms with E-state index in [1.165, 1.54) is 0 Å². The van der Waals surface area contributed by atoms with Gasteiger partial charge in [0.25, 0.3) is 0 Å². The van der Waals surface area contributed by atoms with E-state index >= 15 is 0 Å². The Balaban J connectivity index is 2.76. The zero-order chi connectivity index (χ0) is 10.6. The van der Waals surface area contributed by atoms with Crippen LogP contribution in [0.1, 0.15) is 17.5 Å². The lowest BCUT2D eigenvalue weighted by molar-refractivity contribution is 0.617. The molecule has 0 amide bonds. The van der Waals surface area contributed by atoms with Gasteiger partial charge in [0.05, 0.1) is 0 Å². The number of halogens is 1. The average Bonchev–Trinajstić information content (AvgIpc) is 2.14. The number of aryl methyl sites for hydroxylation is 2. The standard InChI is InChI=1S/C12H16FN/c1-4-5-6-14-12-8-9(2)11(13)7-10(12)3/h4,7-8,14H,1,5-6H2,2-3H3. The van der Waals surface area contributed by atoms with Crippen LogP contribution in [-0.2, 0) is 0 Å². The molecule has 0 spiro atoms. The Morgan fingerprint density at radius 3 is 2.71 bits per heavy atom. The molecule has 0 aromatic heterocycles. The van der Waals surface area contributed by atoms with E-state index in [9.17, 15) is 4.39 Å². The van der Waals surface area contributed by atoms with Gasteiger partial charge in [-0.3, -0.25) is 0 Å². The van der Waals surface area contributed by atoms with E-state index in [2.05, 4.69) is 11.9 Å². The van der Waals surface area contributed by atoms with Gasteiger partial charge < -0.3 is 5.32 Å². The van der Waals surface area contributed by atoms with Crippen LogP contribution in [-0.4, -0.2) is 6.54 Å². The second-order valence-electron chi connectivity index (χ2n) is 3.42. The van der Waals surface area contributed by atoms with Crippen LogP contribution in [0.2, 0.25) is 0 Å². The molecule has 0 aliphatic heterocycles. The van der Waals surface area contributed by atoms with Crippen molar-refractivity contribution in [3.05, 3.63) is 41.7 Å². The number of nitrogens with one attached hydrogen (secondary N) is 1. The summed E-state index contributed by atoms with van der Waals surface area (Å²) in [7, 11) is 0. The molecule has 2 heteroatoms. The molecule has 0 saturated carbocycles. The molecule has 14 heavy (non-hydrogen) atoms. The van der Waals surface area contributed by atoms with Crippen molar-refractivity contribution in [2.24, 2.45) is 0 Å². The van der Waals surface area contributed by atoms with Crippen molar-refractivity contribution in [3.8, 4) is 0 Å². The van der Waals surface area contributed by atoms with E-state index in [4.69, 9.17) is 0 Å². The Morgan fingerprint density at radius 1 is 1.36 bits per heavy atom. The van der Waals surface area contributed by atoms with E-state index in [1.54, 1.807) is 13.0 Å². The number of anilines is 1. The molecular formula is C12H16FN. The lowest BCUT2D eigenvalue weighted by atomic mass is 10.1. The first-order valence-corrected chi connectivity index (χ1v) is 4.76. The van der Waals surface area contributed by atoms with Crippen LogP contribution in [0, 0.1) is 19.7 Å². The zero-order valence-electron chi connectivity index (χ0n) is 8.73. The fraction of sp³-hybridized carbons (Fsp3) is 0.333. The molecule has 0 aliphatic carbocycles. The summed E-state index contributed by atoms with van der Waals surface area (Å²) >= 11 is 0. The monoisotopic (exact) mass is 193 g/mol. The van der Waals surface area contributed by atoms with Gasteiger partial charge >= 0.3 is 0 Å². The van der Waals surface area contributed by atoms with Crippen LogP contribution in [0.25, 0.3) is 0 Å². The third kappa shape index (κ3) is 2.59. The van der Waals surface area contributed by atoms with Crippen molar-refractivity contribution in [2.45, 2.75) is 20.3 Å². The fourth-order valence-electron chi connectivity index (χ4n) is 1.28. The van der Waals surface area contributed by atoms with Crippen molar-refractivity contribution < 1.29 is 4.39 Å². The van der Waals surface area contributed by atoms with Gasteiger partial charge in [0.1, 0.15) is 5.82 Å². The molecule has 0 unspecified atom stereocenters. The van der Waals surface area contributed by atoms with Crippen LogP contribution >= 0.6 is 0 Å². The van der Waals surface area contributed by atoms with Crippen molar-refractivity contribution in [1.82, 2.24) is 0 Å². The SMILES string of the molecule is C=CCCNc1cc(C)c(F)cc1C. The number of benzene rings is 1. The van der Waals surface area contributed by atoms with Gasteiger partial charge in [0.2, 0.25) is 0 Å². The molecular weight excluding hydrogens is 177 g/mol. The predicted molar refractivity (Wildman–Crippen MR) is 59.2 cm³/mol. The lowest BCUT2D eigenvalue weighted by Crippen LogP contribution is -2.02. The van der Waals surface area contributed by atoms with E-state index in [1.807, 2.05) is 19.1 Å².